The Bertz CT molecular complexity index is 1270. The molecular weight excluding hydrogens is 443 g/mol. The van der Waals surface area contributed by atoms with E-state index in [4.69, 9.17) is 0 Å². The van der Waals surface area contributed by atoms with Gasteiger partial charge in [-0.05, 0) is 29.8 Å². The second kappa shape index (κ2) is 9.35. The highest BCUT2D eigenvalue weighted by atomic mass is 19.4. The van der Waals surface area contributed by atoms with Crippen LogP contribution in [0.5, 0.6) is 0 Å². The van der Waals surface area contributed by atoms with E-state index in [-0.39, 0.29) is 0 Å². The van der Waals surface area contributed by atoms with E-state index in [1.54, 1.807) is 13.1 Å². The Kier molecular flexibility index (Phi) is 6.32. The number of benzodiazepines with no additional fused rings is 1. The van der Waals surface area contributed by atoms with E-state index in [0.717, 1.165) is 29.3 Å². The molecule has 0 saturated heterocycles. The van der Waals surface area contributed by atoms with E-state index < -0.39 is 29.7 Å². The quantitative estimate of drug-likeness (QED) is 0.572. The molecular formula is C26H20F3N3O2. The molecule has 0 aliphatic carbocycles. The van der Waals surface area contributed by atoms with Gasteiger partial charge in [0, 0.05) is 24.3 Å². The van der Waals surface area contributed by atoms with Crippen LogP contribution >= 0.6 is 0 Å². The van der Waals surface area contributed by atoms with Gasteiger partial charge >= 0.3 is 6.18 Å². The topological polar surface area (TPSA) is 61.8 Å². The summed E-state index contributed by atoms with van der Waals surface area (Å²) in [7, 11) is 1.61. The lowest BCUT2D eigenvalue weighted by atomic mass is 10.0. The molecule has 0 saturated carbocycles. The molecule has 1 aliphatic rings. The maximum absolute atomic E-state index is 13.1. The van der Waals surface area contributed by atoms with E-state index in [1.165, 1.54) is 23.1 Å². The summed E-state index contributed by atoms with van der Waals surface area (Å²) in [5.74, 6) is -1.02. The zero-order valence-electron chi connectivity index (χ0n) is 18.1. The van der Waals surface area contributed by atoms with Gasteiger partial charge < -0.3 is 10.2 Å². The minimum atomic E-state index is -4.43. The number of carbonyl (C=O) groups is 2. The number of rotatable bonds is 4. The van der Waals surface area contributed by atoms with Gasteiger partial charge in [0.05, 0.1) is 17.0 Å². The maximum atomic E-state index is 13.1. The second-order valence-electron chi connectivity index (χ2n) is 7.62. The number of para-hydroxylation sites is 1. The largest absolute Gasteiger partial charge is 0.416 e. The molecule has 0 aromatic heterocycles. The lowest BCUT2D eigenvalue weighted by Gasteiger charge is -2.20. The fraction of sp³-hybridized carbons (Fsp3) is 0.115. The predicted molar refractivity (Wildman–Crippen MR) is 124 cm³/mol. The Hall–Kier alpha value is -4.20. The molecule has 5 nitrogen and oxygen atoms in total. The molecule has 1 N–H and O–H groups in total. The van der Waals surface area contributed by atoms with Crippen LogP contribution in [0.2, 0.25) is 0 Å². The molecule has 2 amide bonds. The number of amides is 2. The highest BCUT2D eigenvalue weighted by Crippen LogP contribution is 2.29. The molecule has 0 fully saturated rings. The molecule has 3 aromatic rings. The number of fused-ring (bicyclic) bond motifs is 1. The zero-order chi connectivity index (χ0) is 24.3. The lowest BCUT2D eigenvalue weighted by molar-refractivity contribution is -0.137. The van der Waals surface area contributed by atoms with Gasteiger partial charge in [-0.2, -0.15) is 13.2 Å². The number of hydrogen-bond donors (Lipinski definition) is 1. The average molecular weight is 463 g/mol. The maximum Gasteiger partial charge on any atom is 0.416 e. The summed E-state index contributed by atoms with van der Waals surface area (Å²) in [6.45, 7) is 0. The number of nitrogens with zero attached hydrogens (tertiary/aromatic N) is 2. The van der Waals surface area contributed by atoms with Gasteiger partial charge in [-0.3, -0.25) is 9.59 Å². The summed E-state index contributed by atoms with van der Waals surface area (Å²) in [6, 6.07) is 21.1. The van der Waals surface area contributed by atoms with Crippen LogP contribution in [0.1, 0.15) is 22.3 Å². The van der Waals surface area contributed by atoms with E-state index >= 15 is 0 Å². The number of benzene rings is 3. The van der Waals surface area contributed by atoms with Crippen molar-refractivity contribution in [2.24, 2.45) is 4.99 Å². The third kappa shape index (κ3) is 4.91. The van der Waals surface area contributed by atoms with Crippen LogP contribution in [-0.4, -0.2) is 30.7 Å². The van der Waals surface area contributed by atoms with Crippen LogP contribution in [0, 0.1) is 0 Å². The summed E-state index contributed by atoms with van der Waals surface area (Å²) in [6.07, 6.45) is -3.09. The first-order valence-corrected chi connectivity index (χ1v) is 10.4. The number of halogens is 3. The molecule has 0 bridgehead atoms. The molecule has 8 heteroatoms. The van der Waals surface area contributed by atoms with Crippen molar-refractivity contribution in [3.63, 3.8) is 0 Å². The van der Waals surface area contributed by atoms with Crippen molar-refractivity contribution in [1.82, 2.24) is 5.32 Å². The van der Waals surface area contributed by atoms with Crippen molar-refractivity contribution in [2.45, 2.75) is 12.3 Å². The van der Waals surface area contributed by atoms with Crippen molar-refractivity contribution in [3.05, 3.63) is 107 Å². The van der Waals surface area contributed by atoms with Gasteiger partial charge in [0.15, 0.2) is 0 Å². The molecule has 1 heterocycles. The second-order valence-corrected chi connectivity index (χ2v) is 7.62. The molecule has 172 valence electrons. The van der Waals surface area contributed by atoms with Crippen molar-refractivity contribution in [1.29, 1.82) is 0 Å². The highest BCUT2D eigenvalue weighted by Gasteiger charge is 2.31. The molecule has 3 aromatic carbocycles. The van der Waals surface area contributed by atoms with Gasteiger partial charge in [0.2, 0.25) is 12.1 Å². The van der Waals surface area contributed by atoms with Crippen LogP contribution in [0.3, 0.4) is 0 Å². The van der Waals surface area contributed by atoms with Crippen molar-refractivity contribution >= 4 is 29.3 Å². The number of likely N-dealkylation sites (N-methyl/N-ethyl adjacent to an activating group) is 1. The third-order valence-corrected chi connectivity index (χ3v) is 5.33. The van der Waals surface area contributed by atoms with Crippen LogP contribution in [0.15, 0.2) is 89.9 Å². The van der Waals surface area contributed by atoms with E-state index in [9.17, 15) is 22.8 Å². The fourth-order valence-corrected chi connectivity index (χ4v) is 3.58. The Balaban J connectivity index is 1.60. The number of carbonyl (C=O) groups excluding carboxylic acids is 2. The highest BCUT2D eigenvalue weighted by molar-refractivity contribution is 6.20. The number of hydrogen-bond acceptors (Lipinski definition) is 3. The molecule has 0 spiro atoms. The van der Waals surface area contributed by atoms with Gasteiger partial charge in [-0.1, -0.05) is 60.7 Å². The smallest absolute Gasteiger partial charge is 0.323 e. The molecule has 1 aliphatic heterocycles. The Morgan fingerprint density at radius 2 is 1.62 bits per heavy atom. The molecule has 4 rings (SSSR count). The van der Waals surface area contributed by atoms with Crippen LogP contribution in [-0.2, 0) is 15.8 Å². The van der Waals surface area contributed by atoms with E-state index in [0.29, 0.717) is 17.0 Å². The number of anilines is 1. The summed E-state index contributed by atoms with van der Waals surface area (Å²) in [4.78, 5) is 31.7. The standard InChI is InChI=1S/C26H20F3N3O2/c1-32-21-10-6-5-9-20(21)23(18-7-3-2-4-8-18)31-24(25(32)34)30-22(33)16-13-17-11-14-19(15-12-17)26(27,28)29/h2-16,24H,1H3,(H,30,33)/b16-13+. The fourth-order valence-electron chi connectivity index (χ4n) is 3.58. The van der Waals surface area contributed by atoms with Crippen molar-refractivity contribution < 1.29 is 22.8 Å². The normalized spacial score (nSPS) is 16.1. The minimum Gasteiger partial charge on any atom is -0.323 e. The summed E-state index contributed by atoms with van der Waals surface area (Å²) in [5.41, 5.74) is 2.40. The molecule has 1 atom stereocenters. The number of aliphatic imine (C=N–C) groups is 1. The summed E-state index contributed by atoms with van der Waals surface area (Å²) in [5, 5.41) is 2.60. The van der Waals surface area contributed by atoms with Crippen LogP contribution in [0.25, 0.3) is 6.08 Å². The first-order chi connectivity index (χ1) is 16.2. The van der Waals surface area contributed by atoms with Crippen LogP contribution < -0.4 is 10.2 Å². The van der Waals surface area contributed by atoms with Gasteiger partial charge in [-0.25, -0.2) is 4.99 Å². The molecule has 34 heavy (non-hydrogen) atoms. The monoisotopic (exact) mass is 463 g/mol. The van der Waals surface area contributed by atoms with Crippen molar-refractivity contribution in [2.75, 3.05) is 11.9 Å². The summed E-state index contributed by atoms with van der Waals surface area (Å²) < 4.78 is 38.2. The molecule has 1 unspecified atom stereocenters. The van der Waals surface area contributed by atoms with E-state index in [2.05, 4.69) is 10.3 Å². The Labute approximate surface area is 194 Å². The first kappa shape index (κ1) is 23.0. The first-order valence-electron chi connectivity index (χ1n) is 10.4. The van der Waals surface area contributed by atoms with Crippen molar-refractivity contribution in [3.8, 4) is 0 Å². The van der Waals surface area contributed by atoms with Gasteiger partial charge in [-0.15, -0.1) is 0 Å². The Morgan fingerprint density at radius 3 is 2.29 bits per heavy atom. The van der Waals surface area contributed by atoms with E-state index in [1.807, 2.05) is 48.5 Å². The predicted octanol–water partition coefficient (Wildman–Crippen LogP) is 4.67. The minimum absolute atomic E-state index is 0.411. The molecule has 0 radical (unpaired) electrons. The number of alkyl halides is 3. The average Bonchev–Trinajstić information content (AvgIpc) is 2.94. The number of nitrogens with one attached hydrogen (secondary N) is 1. The third-order valence-electron chi connectivity index (χ3n) is 5.33. The SMILES string of the molecule is CN1C(=O)C(NC(=O)/C=C/c2ccc(C(F)(F)F)cc2)N=C(c2ccccc2)c2ccccc21. The van der Waals surface area contributed by atoms with Gasteiger partial charge in [0.25, 0.3) is 5.91 Å². The van der Waals surface area contributed by atoms with Gasteiger partial charge in [0.1, 0.15) is 0 Å². The zero-order valence-corrected chi connectivity index (χ0v) is 18.1. The Morgan fingerprint density at radius 1 is 0.971 bits per heavy atom. The summed E-state index contributed by atoms with van der Waals surface area (Å²) >= 11 is 0. The lowest BCUT2D eigenvalue weighted by Crippen LogP contribution is -2.45. The van der Waals surface area contributed by atoms with Crippen LogP contribution in [0.4, 0.5) is 18.9 Å².